The number of rotatable bonds is 8. The van der Waals surface area contributed by atoms with Crippen LogP contribution in [0.3, 0.4) is 0 Å². The highest BCUT2D eigenvalue weighted by molar-refractivity contribution is 5.48. The third kappa shape index (κ3) is 4.73. The highest BCUT2D eigenvalue weighted by Gasteiger charge is 2.05. The van der Waals surface area contributed by atoms with Crippen molar-refractivity contribution in [2.24, 2.45) is 5.92 Å². The predicted octanol–water partition coefficient (Wildman–Crippen LogP) is 3.04. The van der Waals surface area contributed by atoms with Crippen molar-refractivity contribution in [3.63, 3.8) is 0 Å². The molecule has 0 unspecified atom stereocenters. The van der Waals surface area contributed by atoms with Gasteiger partial charge in [-0.15, -0.1) is 0 Å². The lowest BCUT2D eigenvalue weighted by molar-refractivity contribution is 0.518. The Bertz CT molecular complexity index is 308. The van der Waals surface area contributed by atoms with E-state index in [-0.39, 0.29) is 0 Å². The molecule has 0 fully saturated rings. The van der Waals surface area contributed by atoms with Crippen molar-refractivity contribution in [3.8, 4) is 0 Å². The van der Waals surface area contributed by atoms with Crippen LogP contribution >= 0.6 is 0 Å². The predicted molar refractivity (Wildman–Crippen MR) is 74.2 cm³/mol. The summed E-state index contributed by atoms with van der Waals surface area (Å²) >= 11 is 0. The van der Waals surface area contributed by atoms with E-state index in [1.807, 2.05) is 12.4 Å². The van der Waals surface area contributed by atoms with Crippen LogP contribution in [0.1, 0.15) is 39.2 Å². The van der Waals surface area contributed by atoms with E-state index in [1.54, 1.807) is 0 Å². The molecule has 1 heterocycles. The van der Waals surface area contributed by atoms with Gasteiger partial charge in [0.25, 0.3) is 0 Å². The van der Waals surface area contributed by atoms with E-state index in [9.17, 15) is 0 Å². The second-order valence-electron chi connectivity index (χ2n) is 4.38. The van der Waals surface area contributed by atoms with Gasteiger partial charge in [-0.25, -0.2) is 0 Å². The van der Waals surface area contributed by atoms with Gasteiger partial charge in [0.15, 0.2) is 0 Å². The third-order valence-electron chi connectivity index (χ3n) is 3.21. The van der Waals surface area contributed by atoms with Crippen molar-refractivity contribution >= 4 is 5.69 Å². The molecule has 0 aliphatic rings. The molecule has 0 spiro atoms. The first-order valence-corrected chi connectivity index (χ1v) is 6.69. The molecule has 17 heavy (non-hydrogen) atoms. The number of nitrogens with zero attached hydrogens (tertiary/aromatic N) is 1. The van der Waals surface area contributed by atoms with Gasteiger partial charge in [-0.3, -0.25) is 4.98 Å². The minimum Gasteiger partial charge on any atom is -0.383 e. The molecule has 1 rings (SSSR count). The van der Waals surface area contributed by atoms with Crippen LogP contribution in [-0.2, 0) is 6.54 Å². The molecule has 0 amide bonds. The fourth-order valence-corrected chi connectivity index (χ4v) is 1.83. The average molecular weight is 235 g/mol. The van der Waals surface area contributed by atoms with E-state index in [4.69, 9.17) is 0 Å². The standard InChI is InChI=1S/C14H25N3/c1-4-12(5-2)9-17-14-11-16-8-7-13(14)10-15-6-3/h7-8,11-12,15,17H,4-6,9-10H2,1-3H3. The van der Waals surface area contributed by atoms with Gasteiger partial charge in [-0.2, -0.15) is 0 Å². The highest BCUT2D eigenvalue weighted by atomic mass is 14.9. The van der Waals surface area contributed by atoms with E-state index in [0.29, 0.717) is 0 Å². The largest absolute Gasteiger partial charge is 0.383 e. The number of anilines is 1. The molecule has 3 heteroatoms. The average Bonchev–Trinajstić information content (AvgIpc) is 2.38. The van der Waals surface area contributed by atoms with Crippen molar-refractivity contribution in [1.82, 2.24) is 10.3 Å². The Balaban J connectivity index is 2.56. The highest BCUT2D eigenvalue weighted by Crippen LogP contribution is 2.15. The molecule has 1 aromatic heterocycles. The Hall–Kier alpha value is -1.09. The van der Waals surface area contributed by atoms with Crippen LogP contribution in [0.25, 0.3) is 0 Å². The van der Waals surface area contributed by atoms with E-state index in [0.717, 1.165) is 25.6 Å². The second-order valence-corrected chi connectivity index (χ2v) is 4.38. The van der Waals surface area contributed by atoms with E-state index in [2.05, 4.69) is 42.5 Å². The third-order valence-corrected chi connectivity index (χ3v) is 3.21. The van der Waals surface area contributed by atoms with Gasteiger partial charge in [-0.1, -0.05) is 33.6 Å². The molecule has 0 radical (unpaired) electrons. The summed E-state index contributed by atoms with van der Waals surface area (Å²) in [4.78, 5) is 4.19. The Kier molecular flexibility index (Phi) is 6.63. The molecular formula is C14H25N3. The SMILES string of the molecule is CCNCc1ccncc1NCC(CC)CC. The van der Waals surface area contributed by atoms with Gasteiger partial charge in [0.2, 0.25) is 0 Å². The lowest BCUT2D eigenvalue weighted by Crippen LogP contribution is -2.17. The fraction of sp³-hybridized carbons (Fsp3) is 0.643. The first-order chi connectivity index (χ1) is 8.31. The number of pyridine rings is 1. The maximum absolute atomic E-state index is 4.19. The van der Waals surface area contributed by atoms with E-state index < -0.39 is 0 Å². The smallest absolute Gasteiger partial charge is 0.0572 e. The lowest BCUT2D eigenvalue weighted by Gasteiger charge is -2.16. The van der Waals surface area contributed by atoms with Gasteiger partial charge in [0.1, 0.15) is 0 Å². The molecule has 0 aliphatic heterocycles. The maximum Gasteiger partial charge on any atom is 0.0572 e. The van der Waals surface area contributed by atoms with Crippen LogP contribution in [0.5, 0.6) is 0 Å². The summed E-state index contributed by atoms with van der Waals surface area (Å²) in [5, 5.41) is 6.87. The van der Waals surface area contributed by atoms with Gasteiger partial charge in [0, 0.05) is 19.3 Å². The number of aromatic nitrogens is 1. The monoisotopic (exact) mass is 235 g/mol. The molecule has 0 aromatic carbocycles. The molecular weight excluding hydrogens is 210 g/mol. The van der Waals surface area contributed by atoms with Crippen LogP contribution < -0.4 is 10.6 Å². The molecule has 3 nitrogen and oxygen atoms in total. The second kappa shape index (κ2) is 8.07. The molecule has 0 saturated heterocycles. The zero-order valence-electron chi connectivity index (χ0n) is 11.3. The number of hydrogen-bond donors (Lipinski definition) is 2. The van der Waals surface area contributed by atoms with Crippen molar-refractivity contribution in [2.75, 3.05) is 18.4 Å². The Morgan fingerprint density at radius 1 is 1.24 bits per heavy atom. The number of nitrogens with one attached hydrogen (secondary N) is 2. The molecule has 0 bridgehead atoms. The van der Waals surface area contributed by atoms with Gasteiger partial charge < -0.3 is 10.6 Å². The van der Waals surface area contributed by atoms with Gasteiger partial charge in [0.05, 0.1) is 11.9 Å². The van der Waals surface area contributed by atoms with Crippen LogP contribution in [0.15, 0.2) is 18.5 Å². The summed E-state index contributed by atoms with van der Waals surface area (Å²) in [5.41, 5.74) is 2.47. The van der Waals surface area contributed by atoms with Crippen LogP contribution in [0.4, 0.5) is 5.69 Å². The summed E-state index contributed by atoms with van der Waals surface area (Å²) < 4.78 is 0. The maximum atomic E-state index is 4.19. The molecule has 0 saturated carbocycles. The van der Waals surface area contributed by atoms with Gasteiger partial charge in [-0.05, 0) is 24.1 Å². The molecule has 1 aromatic rings. The van der Waals surface area contributed by atoms with Crippen LogP contribution in [-0.4, -0.2) is 18.1 Å². The molecule has 0 aliphatic carbocycles. The first-order valence-electron chi connectivity index (χ1n) is 6.69. The summed E-state index contributed by atoms with van der Waals surface area (Å²) in [7, 11) is 0. The Morgan fingerprint density at radius 2 is 2.00 bits per heavy atom. The minimum absolute atomic E-state index is 0.752. The topological polar surface area (TPSA) is 37.0 Å². The van der Waals surface area contributed by atoms with Crippen molar-refractivity contribution in [2.45, 2.75) is 40.2 Å². The zero-order valence-corrected chi connectivity index (χ0v) is 11.3. The molecule has 96 valence electrons. The fourth-order valence-electron chi connectivity index (χ4n) is 1.83. The summed E-state index contributed by atoms with van der Waals surface area (Å²) in [6, 6.07) is 2.08. The number of hydrogen-bond acceptors (Lipinski definition) is 3. The quantitative estimate of drug-likeness (QED) is 0.727. The van der Waals surface area contributed by atoms with Crippen molar-refractivity contribution in [1.29, 1.82) is 0 Å². The first kappa shape index (κ1) is 14.0. The molecule has 2 N–H and O–H groups in total. The van der Waals surface area contributed by atoms with Gasteiger partial charge >= 0.3 is 0 Å². The minimum atomic E-state index is 0.752. The van der Waals surface area contributed by atoms with E-state index >= 15 is 0 Å². The Morgan fingerprint density at radius 3 is 2.65 bits per heavy atom. The van der Waals surface area contributed by atoms with Crippen LogP contribution in [0.2, 0.25) is 0 Å². The van der Waals surface area contributed by atoms with Crippen LogP contribution in [0, 0.1) is 5.92 Å². The summed E-state index contributed by atoms with van der Waals surface area (Å²) in [6.45, 7) is 9.56. The summed E-state index contributed by atoms with van der Waals surface area (Å²) in [6.07, 6.45) is 6.24. The normalized spacial score (nSPS) is 10.8. The Labute approximate surface area is 105 Å². The zero-order chi connectivity index (χ0) is 12.5. The van der Waals surface area contributed by atoms with Crippen molar-refractivity contribution < 1.29 is 0 Å². The lowest BCUT2D eigenvalue weighted by atomic mass is 10.0. The van der Waals surface area contributed by atoms with Crippen molar-refractivity contribution in [3.05, 3.63) is 24.0 Å². The molecule has 0 atom stereocenters. The van der Waals surface area contributed by atoms with E-state index in [1.165, 1.54) is 24.1 Å². The summed E-state index contributed by atoms with van der Waals surface area (Å²) in [5.74, 6) is 0.752.